The maximum Gasteiger partial charge on any atom is 0.425 e. The van der Waals surface area contributed by atoms with Crippen LogP contribution in [0.4, 0.5) is 0 Å². The van der Waals surface area contributed by atoms with E-state index in [9.17, 15) is 9.90 Å². The Morgan fingerprint density at radius 1 is 1.43 bits per heavy atom. The smallest absolute Gasteiger partial charge is 0.417 e. The highest BCUT2D eigenvalue weighted by Crippen LogP contribution is 2.29. The molecule has 1 N–H and O–H groups in total. The van der Waals surface area contributed by atoms with E-state index < -0.39 is 17.8 Å². The molecule has 5 heteroatoms. The van der Waals surface area contributed by atoms with Crippen molar-refractivity contribution >= 4 is 11.7 Å². The van der Waals surface area contributed by atoms with Crippen molar-refractivity contribution in [2.45, 2.75) is 6.10 Å². The number of hydrogen-bond acceptors (Lipinski definition) is 3. The summed E-state index contributed by atoms with van der Waals surface area (Å²) in [6.07, 6.45) is -1.22. The summed E-state index contributed by atoms with van der Waals surface area (Å²) in [7, 11) is 0. The maximum absolute atomic E-state index is 11.1. The number of rotatable bonds is 0. The third-order valence-electron chi connectivity index (χ3n) is 1.99. The van der Waals surface area contributed by atoms with E-state index in [0.717, 1.165) is 0 Å². The minimum absolute atomic E-state index is 0.289. The minimum Gasteiger partial charge on any atom is -0.417 e. The van der Waals surface area contributed by atoms with E-state index in [1.165, 1.54) is 0 Å². The van der Waals surface area contributed by atoms with Gasteiger partial charge in [0.1, 0.15) is 5.75 Å². The first kappa shape index (κ1) is 8.62. The van der Waals surface area contributed by atoms with Crippen LogP contribution < -0.4 is 4.74 Å². The van der Waals surface area contributed by atoms with Gasteiger partial charge in [-0.2, -0.15) is 4.79 Å². The average Bonchev–Trinajstić information content (AvgIpc) is 2.18. The van der Waals surface area contributed by atoms with Crippen LogP contribution in [0.15, 0.2) is 24.3 Å². The Morgan fingerprint density at radius 2 is 2.14 bits per heavy atom. The number of nitrogens with zero attached hydrogens (tertiary/aromatic N) is 2. The van der Waals surface area contributed by atoms with Gasteiger partial charge < -0.3 is 15.4 Å². The van der Waals surface area contributed by atoms with Gasteiger partial charge in [-0.1, -0.05) is 18.2 Å². The zero-order valence-electron chi connectivity index (χ0n) is 7.04. The zero-order chi connectivity index (χ0) is 10.1. The number of carbonyl (C=O) groups is 1. The van der Waals surface area contributed by atoms with Crippen LogP contribution in [0.1, 0.15) is 11.7 Å². The summed E-state index contributed by atoms with van der Waals surface area (Å²) in [5.74, 6) is -0.545. The van der Waals surface area contributed by atoms with E-state index in [4.69, 9.17) is 10.3 Å². The molecule has 0 saturated carbocycles. The number of esters is 1. The van der Waals surface area contributed by atoms with E-state index in [1.807, 2.05) is 0 Å². The number of ether oxygens (including phenoxy) is 1. The Bertz CT molecular complexity index is 449. The van der Waals surface area contributed by atoms with Crippen LogP contribution >= 0.6 is 0 Å². The van der Waals surface area contributed by atoms with Crippen LogP contribution in [-0.4, -0.2) is 21.6 Å². The molecule has 0 aliphatic carbocycles. The van der Waals surface area contributed by atoms with Crippen LogP contribution in [0.3, 0.4) is 0 Å². The quantitative estimate of drug-likeness (QED) is 0.276. The molecular formula is C9H6N2O3. The molecule has 0 fully saturated rings. The molecule has 0 radical (unpaired) electrons. The molecule has 14 heavy (non-hydrogen) atoms. The SMILES string of the molecule is [N-]=[N+]=C1C(=O)Oc2ccccc2C1O. The summed E-state index contributed by atoms with van der Waals surface area (Å²) in [6, 6.07) is 6.53. The van der Waals surface area contributed by atoms with Crippen molar-refractivity contribution in [3.05, 3.63) is 35.4 Å². The van der Waals surface area contributed by atoms with Gasteiger partial charge in [0.05, 0.1) is 0 Å². The Labute approximate surface area is 79.2 Å². The van der Waals surface area contributed by atoms with Crippen LogP contribution in [0.2, 0.25) is 0 Å². The molecule has 0 aromatic heterocycles. The summed E-state index contributed by atoms with van der Waals surface area (Å²) >= 11 is 0. The lowest BCUT2D eigenvalue weighted by Gasteiger charge is -2.15. The normalized spacial score (nSPS) is 19.6. The van der Waals surface area contributed by atoms with Gasteiger partial charge in [-0.15, -0.1) is 0 Å². The lowest BCUT2D eigenvalue weighted by atomic mass is 10.0. The summed E-state index contributed by atoms with van der Waals surface area (Å²) in [4.78, 5) is 13.8. The van der Waals surface area contributed by atoms with Crippen molar-refractivity contribution in [1.29, 1.82) is 0 Å². The molecule has 0 spiro atoms. The largest absolute Gasteiger partial charge is 0.425 e. The molecule has 1 aromatic rings. The molecule has 1 aliphatic heterocycles. The predicted octanol–water partition coefficient (Wildman–Crippen LogP) is 0.310. The van der Waals surface area contributed by atoms with Crippen molar-refractivity contribution in [1.82, 2.24) is 0 Å². The molecule has 2 rings (SSSR count). The van der Waals surface area contributed by atoms with Gasteiger partial charge in [0.25, 0.3) is 0 Å². The van der Waals surface area contributed by atoms with Gasteiger partial charge in [0.2, 0.25) is 0 Å². The highest BCUT2D eigenvalue weighted by molar-refractivity contribution is 6.37. The first-order valence-electron chi connectivity index (χ1n) is 3.95. The van der Waals surface area contributed by atoms with Gasteiger partial charge in [-0.05, 0) is 6.07 Å². The van der Waals surface area contributed by atoms with Crippen molar-refractivity contribution in [3.63, 3.8) is 0 Å². The number of hydrogen-bond donors (Lipinski definition) is 1. The number of aliphatic hydroxyl groups excluding tert-OH is 1. The van der Waals surface area contributed by atoms with E-state index in [-0.39, 0.29) is 5.75 Å². The summed E-state index contributed by atoms with van der Waals surface area (Å²) in [5.41, 5.74) is 8.50. The fourth-order valence-electron chi connectivity index (χ4n) is 1.31. The molecular weight excluding hydrogens is 184 g/mol. The molecule has 1 unspecified atom stereocenters. The lowest BCUT2D eigenvalue weighted by molar-refractivity contribution is -0.134. The van der Waals surface area contributed by atoms with Crippen LogP contribution in [0.5, 0.6) is 5.75 Å². The Morgan fingerprint density at radius 3 is 2.86 bits per heavy atom. The van der Waals surface area contributed by atoms with Crippen LogP contribution in [0.25, 0.3) is 5.53 Å². The molecule has 5 nitrogen and oxygen atoms in total. The van der Waals surface area contributed by atoms with Gasteiger partial charge >= 0.3 is 11.7 Å². The topological polar surface area (TPSA) is 82.9 Å². The summed E-state index contributed by atoms with van der Waals surface area (Å²) < 4.78 is 4.82. The zero-order valence-corrected chi connectivity index (χ0v) is 7.04. The van der Waals surface area contributed by atoms with Gasteiger partial charge in [0.15, 0.2) is 6.10 Å². The third kappa shape index (κ3) is 1.12. The number of para-hydroxylation sites is 1. The highest BCUT2D eigenvalue weighted by Gasteiger charge is 2.39. The van der Waals surface area contributed by atoms with Crippen molar-refractivity contribution in [3.8, 4) is 5.75 Å². The molecule has 1 aliphatic rings. The Hall–Kier alpha value is -1.97. The molecule has 1 aromatic carbocycles. The van der Waals surface area contributed by atoms with Gasteiger partial charge in [-0.3, -0.25) is 0 Å². The van der Waals surface area contributed by atoms with E-state index in [0.29, 0.717) is 5.56 Å². The number of carbonyl (C=O) groups excluding carboxylic acids is 1. The number of fused-ring (bicyclic) bond motifs is 1. The second kappa shape index (κ2) is 3.06. The van der Waals surface area contributed by atoms with Gasteiger partial charge in [0, 0.05) is 5.56 Å². The highest BCUT2D eigenvalue weighted by atomic mass is 16.5. The minimum atomic E-state index is -1.22. The lowest BCUT2D eigenvalue weighted by Crippen LogP contribution is -2.32. The van der Waals surface area contributed by atoms with Crippen LogP contribution in [-0.2, 0) is 4.79 Å². The Balaban J connectivity index is 2.60. The van der Waals surface area contributed by atoms with Crippen molar-refractivity contribution in [2.24, 2.45) is 0 Å². The van der Waals surface area contributed by atoms with Crippen LogP contribution in [0, 0.1) is 0 Å². The molecule has 1 heterocycles. The standard InChI is InChI=1S/C9H6N2O3/c10-11-7-8(12)5-3-1-2-4-6(5)14-9(7)13/h1-4,8,12H. The van der Waals surface area contributed by atoms with E-state index in [2.05, 4.69) is 4.79 Å². The van der Waals surface area contributed by atoms with E-state index >= 15 is 0 Å². The molecule has 1 atom stereocenters. The average molecular weight is 190 g/mol. The monoisotopic (exact) mass is 190 g/mol. The molecule has 0 bridgehead atoms. The summed E-state index contributed by atoms with van der Waals surface area (Å²) in [5, 5.41) is 9.60. The van der Waals surface area contributed by atoms with Crippen molar-refractivity contribution in [2.75, 3.05) is 0 Å². The fourth-order valence-corrected chi connectivity index (χ4v) is 1.31. The third-order valence-corrected chi connectivity index (χ3v) is 1.99. The maximum atomic E-state index is 11.1. The molecule has 0 amide bonds. The predicted molar refractivity (Wildman–Crippen MR) is 45.7 cm³/mol. The number of benzene rings is 1. The van der Waals surface area contributed by atoms with Gasteiger partial charge in [-0.25, -0.2) is 4.79 Å². The summed E-state index contributed by atoms with van der Waals surface area (Å²) in [6.45, 7) is 0. The molecule has 0 saturated heterocycles. The second-order valence-electron chi connectivity index (χ2n) is 2.82. The second-order valence-corrected chi connectivity index (χ2v) is 2.82. The molecule has 70 valence electrons. The number of aliphatic hydroxyl groups is 1. The first-order chi connectivity index (χ1) is 6.74. The Kier molecular flexibility index (Phi) is 1.89. The first-order valence-corrected chi connectivity index (χ1v) is 3.95. The fraction of sp³-hybridized carbons (Fsp3) is 0.111. The van der Waals surface area contributed by atoms with Crippen molar-refractivity contribution < 1.29 is 19.4 Å². The van der Waals surface area contributed by atoms with E-state index in [1.54, 1.807) is 24.3 Å².